The van der Waals surface area contributed by atoms with Crippen molar-refractivity contribution < 1.29 is 28.6 Å². The first-order valence-electron chi connectivity index (χ1n) is 32.5. The van der Waals surface area contributed by atoms with E-state index in [0.29, 0.717) is 19.3 Å². The highest BCUT2D eigenvalue weighted by Crippen LogP contribution is 2.14. The summed E-state index contributed by atoms with van der Waals surface area (Å²) in [7, 11) is 0. The van der Waals surface area contributed by atoms with E-state index in [-0.39, 0.29) is 31.6 Å². The number of rotatable bonds is 57. The van der Waals surface area contributed by atoms with Crippen molar-refractivity contribution in [2.24, 2.45) is 0 Å². The summed E-state index contributed by atoms with van der Waals surface area (Å²) in [5.74, 6) is -1.02. The zero-order valence-electron chi connectivity index (χ0n) is 51.5. The van der Waals surface area contributed by atoms with Gasteiger partial charge in [-0.2, -0.15) is 0 Å². The van der Waals surface area contributed by atoms with E-state index in [9.17, 15) is 14.4 Å². The van der Waals surface area contributed by atoms with E-state index in [0.717, 1.165) is 135 Å². The quantitative estimate of drug-likeness (QED) is 0.0261. The highest BCUT2D eigenvalue weighted by Gasteiger charge is 2.19. The third kappa shape index (κ3) is 63.9. The molecule has 1 atom stereocenters. The third-order valence-electron chi connectivity index (χ3n) is 13.3. The molecule has 0 aromatic rings. The van der Waals surface area contributed by atoms with Gasteiger partial charge in [-0.15, -0.1) is 0 Å². The first kappa shape index (κ1) is 75.0. The van der Waals surface area contributed by atoms with Gasteiger partial charge in [0, 0.05) is 19.3 Å². The van der Waals surface area contributed by atoms with E-state index in [1.165, 1.54) is 89.9 Å². The molecule has 1 unspecified atom stereocenters. The number of hydrogen-bond acceptors (Lipinski definition) is 6. The monoisotopic (exact) mass is 1100 g/mol. The van der Waals surface area contributed by atoms with E-state index >= 15 is 0 Å². The van der Waals surface area contributed by atoms with Gasteiger partial charge in [-0.3, -0.25) is 14.4 Å². The normalized spacial score (nSPS) is 13.2. The summed E-state index contributed by atoms with van der Waals surface area (Å²) in [6, 6.07) is 0. The second-order valence-corrected chi connectivity index (χ2v) is 20.9. The van der Waals surface area contributed by atoms with Gasteiger partial charge in [-0.1, -0.05) is 275 Å². The summed E-state index contributed by atoms with van der Waals surface area (Å²) >= 11 is 0. The third-order valence-corrected chi connectivity index (χ3v) is 13.3. The average Bonchev–Trinajstić information content (AvgIpc) is 3.46. The molecule has 0 aromatic carbocycles. The lowest BCUT2D eigenvalue weighted by Gasteiger charge is -2.18. The summed E-state index contributed by atoms with van der Waals surface area (Å²) in [5, 5.41) is 0. The van der Waals surface area contributed by atoms with Crippen LogP contribution in [0.3, 0.4) is 0 Å². The Morgan fingerprint density at radius 1 is 0.263 bits per heavy atom. The Morgan fingerprint density at radius 3 is 0.825 bits per heavy atom. The molecule has 0 aliphatic rings. The summed E-state index contributed by atoms with van der Waals surface area (Å²) in [6.45, 7) is 6.34. The van der Waals surface area contributed by atoms with Crippen LogP contribution in [0.1, 0.15) is 271 Å². The van der Waals surface area contributed by atoms with Gasteiger partial charge >= 0.3 is 17.9 Å². The molecule has 0 aliphatic heterocycles. The van der Waals surface area contributed by atoms with E-state index in [1.54, 1.807) is 0 Å². The highest BCUT2D eigenvalue weighted by atomic mass is 16.6. The molecule has 0 fully saturated rings. The number of hydrogen-bond donors (Lipinski definition) is 0. The molecule has 0 rings (SSSR count). The van der Waals surface area contributed by atoms with Gasteiger partial charge in [0.15, 0.2) is 6.10 Å². The lowest BCUT2D eigenvalue weighted by atomic mass is 10.1. The molecule has 0 N–H and O–H groups in total. The van der Waals surface area contributed by atoms with Gasteiger partial charge in [0.25, 0.3) is 0 Å². The molecule has 0 heterocycles. The molecular weight excluding hydrogens is 985 g/mol. The summed E-state index contributed by atoms with van der Waals surface area (Å²) < 4.78 is 16.8. The maximum absolute atomic E-state index is 12.9. The maximum Gasteiger partial charge on any atom is 0.306 e. The van der Waals surface area contributed by atoms with Gasteiger partial charge in [-0.25, -0.2) is 0 Å². The molecule has 6 nitrogen and oxygen atoms in total. The first-order valence-corrected chi connectivity index (χ1v) is 32.5. The van der Waals surface area contributed by atoms with Crippen LogP contribution in [0.15, 0.2) is 158 Å². The van der Waals surface area contributed by atoms with Crippen molar-refractivity contribution in [1.82, 2.24) is 0 Å². The number of unbranched alkanes of at least 4 members (excludes halogenated alkanes) is 20. The van der Waals surface area contributed by atoms with Crippen molar-refractivity contribution in [2.45, 2.75) is 277 Å². The van der Waals surface area contributed by atoms with E-state index in [4.69, 9.17) is 14.2 Å². The Labute approximate surface area is 492 Å². The standard InChI is InChI=1S/C74H118O6/c1-4-7-10-13-16-19-22-25-28-31-33-34-35-36-37-38-39-40-42-43-46-49-52-55-58-61-64-67-73(76)79-70-71(69-78-72(75)66-63-60-57-54-51-48-45-30-27-24-21-18-15-12-9-6-3)80-74(77)68-65-62-59-56-53-50-47-44-41-32-29-26-23-20-17-14-11-8-5-2/h7-8,10-11,16-17,19-20,25-26,28-30,33-34,36-37,39-41,44-45,50,53,59,62,71H,4-6,9,12-15,18,21-24,27,31-32,35,38,42-43,46-49,51-52,54-58,60-61,63-70H2,1-3H3/b10-7-,11-8-,19-16-,20-17-,28-25-,29-26-,34-33-,37-36-,40-39-,44-41-,45-30-,53-50-,62-59-. The Morgan fingerprint density at radius 2 is 0.512 bits per heavy atom. The van der Waals surface area contributed by atoms with Crippen LogP contribution in [0.4, 0.5) is 0 Å². The van der Waals surface area contributed by atoms with Crippen LogP contribution >= 0.6 is 0 Å². The van der Waals surface area contributed by atoms with Gasteiger partial charge in [0.05, 0.1) is 0 Å². The van der Waals surface area contributed by atoms with Crippen molar-refractivity contribution >= 4 is 17.9 Å². The summed E-state index contributed by atoms with van der Waals surface area (Å²) in [6.07, 6.45) is 96.9. The lowest BCUT2D eigenvalue weighted by molar-refractivity contribution is -0.166. The average molecular weight is 1100 g/mol. The predicted octanol–water partition coefficient (Wildman–Crippen LogP) is 22.5. The second-order valence-electron chi connectivity index (χ2n) is 20.9. The van der Waals surface area contributed by atoms with Crippen LogP contribution in [0.25, 0.3) is 0 Å². The Bertz CT molecular complexity index is 1790. The number of ether oxygens (including phenoxy) is 3. The van der Waals surface area contributed by atoms with Crippen molar-refractivity contribution in [3.63, 3.8) is 0 Å². The van der Waals surface area contributed by atoms with Crippen LogP contribution in [0, 0.1) is 0 Å². The van der Waals surface area contributed by atoms with Crippen molar-refractivity contribution in [1.29, 1.82) is 0 Å². The second kappa shape index (κ2) is 66.5. The van der Waals surface area contributed by atoms with E-state index < -0.39 is 12.1 Å². The predicted molar refractivity (Wildman–Crippen MR) is 348 cm³/mol. The molecule has 450 valence electrons. The van der Waals surface area contributed by atoms with E-state index in [1.807, 2.05) is 6.08 Å². The summed E-state index contributed by atoms with van der Waals surface area (Å²) in [5.41, 5.74) is 0. The fourth-order valence-electron chi connectivity index (χ4n) is 8.47. The Balaban J connectivity index is 4.49. The topological polar surface area (TPSA) is 78.9 Å². The smallest absolute Gasteiger partial charge is 0.306 e. The van der Waals surface area contributed by atoms with Crippen LogP contribution in [-0.4, -0.2) is 37.2 Å². The van der Waals surface area contributed by atoms with Crippen molar-refractivity contribution in [3.05, 3.63) is 158 Å². The van der Waals surface area contributed by atoms with Gasteiger partial charge in [0.1, 0.15) is 13.2 Å². The zero-order valence-corrected chi connectivity index (χ0v) is 51.5. The molecule has 0 saturated heterocycles. The van der Waals surface area contributed by atoms with Gasteiger partial charge < -0.3 is 14.2 Å². The molecule has 0 radical (unpaired) electrons. The van der Waals surface area contributed by atoms with Crippen molar-refractivity contribution in [2.75, 3.05) is 13.2 Å². The molecule has 0 bridgehead atoms. The Hall–Kier alpha value is -4.97. The van der Waals surface area contributed by atoms with Gasteiger partial charge in [-0.05, 0) is 135 Å². The molecule has 0 amide bonds. The molecule has 0 spiro atoms. The number of carbonyl (C=O) groups excluding carboxylic acids is 3. The fourth-order valence-corrected chi connectivity index (χ4v) is 8.47. The highest BCUT2D eigenvalue weighted by molar-refractivity contribution is 5.71. The molecular formula is C74H118O6. The minimum absolute atomic E-state index is 0.121. The van der Waals surface area contributed by atoms with Crippen LogP contribution in [0.5, 0.6) is 0 Å². The number of allylic oxidation sites excluding steroid dienone is 26. The van der Waals surface area contributed by atoms with Crippen LogP contribution in [0.2, 0.25) is 0 Å². The number of carbonyl (C=O) groups is 3. The first-order chi connectivity index (χ1) is 39.5. The number of esters is 3. The van der Waals surface area contributed by atoms with E-state index in [2.05, 4.69) is 173 Å². The molecule has 80 heavy (non-hydrogen) atoms. The molecule has 0 saturated carbocycles. The fraction of sp³-hybridized carbons (Fsp3) is 0.608. The lowest BCUT2D eigenvalue weighted by Crippen LogP contribution is -2.30. The molecule has 0 aromatic heterocycles. The molecule has 0 aliphatic carbocycles. The van der Waals surface area contributed by atoms with Crippen molar-refractivity contribution in [3.8, 4) is 0 Å². The van der Waals surface area contributed by atoms with Gasteiger partial charge in [0.2, 0.25) is 0 Å². The summed E-state index contributed by atoms with van der Waals surface area (Å²) in [4.78, 5) is 38.3. The minimum Gasteiger partial charge on any atom is -0.462 e. The van der Waals surface area contributed by atoms with Crippen LogP contribution in [-0.2, 0) is 28.6 Å². The zero-order chi connectivity index (χ0) is 57.8. The SMILES string of the molecule is CC/C=C\C/C=C\C/C=C\C/C=C\C/C=C\C/C=C\CCCCCCCCCCC(=O)OCC(COC(=O)CCCCCCC/C=C\CCCCCCCCC)OC(=O)CC/C=C\C/C=C\C/C=C\C/C=C\C/C=C\C/C=C\CC. The largest absolute Gasteiger partial charge is 0.462 e. The minimum atomic E-state index is -0.834. The maximum atomic E-state index is 12.9. The Kier molecular flexibility index (Phi) is 62.4. The molecule has 6 heteroatoms. The van der Waals surface area contributed by atoms with Crippen LogP contribution < -0.4 is 0 Å².